The van der Waals surface area contributed by atoms with Gasteiger partial charge in [0.25, 0.3) is 5.91 Å². The van der Waals surface area contributed by atoms with E-state index in [9.17, 15) is 4.79 Å². The molecule has 0 bridgehead atoms. The molecule has 0 aromatic carbocycles. The lowest BCUT2D eigenvalue weighted by atomic mass is 9.95. The topological polar surface area (TPSA) is 52.2 Å². The van der Waals surface area contributed by atoms with Gasteiger partial charge in [0, 0.05) is 31.4 Å². The fourth-order valence-electron chi connectivity index (χ4n) is 2.84. The van der Waals surface area contributed by atoms with Crippen LogP contribution in [-0.4, -0.2) is 58.6 Å². The van der Waals surface area contributed by atoms with Crippen LogP contribution in [-0.2, 0) is 0 Å². The number of amides is 1. The van der Waals surface area contributed by atoms with Crippen LogP contribution in [0.15, 0.2) is 6.07 Å². The second-order valence-corrected chi connectivity index (χ2v) is 7.13. The zero-order valence-corrected chi connectivity index (χ0v) is 14.6. The number of rotatable bonds is 5. The molecule has 22 heavy (non-hydrogen) atoms. The molecule has 124 valence electrons. The second kappa shape index (κ2) is 7.27. The van der Waals surface area contributed by atoms with Crippen LogP contribution in [0.1, 0.15) is 62.6 Å². The molecular weight excluding hydrogens is 276 g/mol. The van der Waals surface area contributed by atoms with Crippen LogP contribution in [0.3, 0.4) is 0 Å². The Hall–Kier alpha value is -1.36. The van der Waals surface area contributed by atoms with Crippen LogP contribution in [0.25, 0.3) is 0 Å². The summed E-state index contributed by atoms with van der Waals surface area (Å²) in [5.74, 6) is 1.13. The van der Waals surface area contributed by atoms with Gasteiger partial charge in [-0.15, -0.1) is 0 Å². The van der Waals surface area contributed by atoms with Crippen molar-refractivity contribution < 1.29 is 4.79 Å². The lowest BCUT2D eigenvalue weighted by Crippen LogP contribution is -2.42. The molecule has 0 radical (unpaired) electrons. The zero-order chi connectivity index (χ0) is 16.3. The molecule has 0 atom stereocenters. The normalized spacial score (nSPS) is 17.0. The Labute approximate surface area is 134 Å². The van der Waals surface area contributed by atoms with Crippen LogP contribution in [0.2, 0.25) is 0 Å². The predicted molar refractivity (Wildman–Crippen MR) is 89.1 cm³/mol. The first-order valence-electron chi connectivity index (χ1n) is 8.43. The van der Waals surface area contributed by atoms with Gasteiger partial charge in [-0.25, -0.2) is 0 Å². The summed E-state index contributed by atoms with van der Waals surface area (Å²) >= 11 is 0. The quantitative estimate of drug-likeness (QED) is 0.910. The largest absolute Gasteiger partial charge is 0.337 e. The highest BCUT2D eigenvalue weighted by Crippen LogP contribution is 2.21. The lowest BCUT2D eigenvalue weighted by molar-refractivity contribution is 0.0660. The average molecular weight is 306 g/mol. The summed E-state index contributed by atoms with van der Waals surface area (Å²) in [7, 11) is 2.18. The smallest absolute Gasteiger partial charge is 0.274 e. The van der Waals surface area contributed by atoms with Crippen LogP contribution >= 0.6 is 0 Å². The number of likely N-dealkylation sites (tertiary alicyclic amines) is 1. The molecule has 1 aromatic rings. The average Bonchev–Trinajstić information content (AvgIpc) is 2.97. The van der Waals surface area contributed by atoms with Crippen molar-refractivity contribution in [2.45, 2.75) is 52.5 Å². The van der Waals surface area contributed by atoms with Crippen molar-refractivity contribution in [1.82, 2.24) is 20.0 Å². The highest BCUT2D eigenvalue weighted by atomic mass is 16.2. The van der Waals surface area contributed by atoms with Crippen molar-refractivity contribution in [2.75, 3.05) is 26.7 Å². The van der Waals surface area contributed by atoms with Crippen LogP contribution in [0.4, 0.5) is 0 Å². The van der Waals surface area contributed by atoms with E-state index >= 15 is 0 Å². The first kappa shape index (κ1) is 17.0. The summed E-state index contributed by atoms with van der Waals surface area (Å²) in [5, 5.41) is 7.15. The predicted octanol–water partition coefficient (Wildman–Crippen LogP) is 2.73. The van der Waals surface area contributed by atoms with E-state index < -0.39 is 0 Å². The van der Waals surface area contributed by atoms with Crippen molar-refractivity contribution >= 4 is 5.91 Å². The minimum absolute atomic E-state index is 0.0683. The maximum absolute atomic E-state index is 12.5. The Balaban J connectivity index is 1.86. The van der Waals surface area contributed by atoms with Crippen molar-refractivity contribution in [2.24, 2.45) is 5.92 Å². The molecule has 0 unspecified atom stereocenters. The molecule has 0 spiro atoms. The molecule has 2 heterocycles. The number of aromatic nitrogens is 2. The third-order valence-corrected chi connectivity index (χ3v) is 4.77. The highest BCUT2D eigenvalue weighted by molar-refractivity contribution is 5.92. The minimum Gasteiger partial charge on any atom is -0.337 e. The van der Waals surface area contributed by atoms with E-state index in [4.69, 9.17) is 0 Å². The Morgan fingerprint density at radius 1 is 1.36 bits per heavy atom. The van der Waals surface area contributed by atoms with Crippen LogP contribution in [0, 0.1) is 5.92 Å². The third kappa shape index (κ3) is 4.09. The molecule has 5 nitrogen and oxygen atoms in total. The summed E-state index contributed by atoms with van der Waals surface area (Å²) in [5.41, 5.74) is 1.58. The Bertz CT molecular complexity index is 487. The number of aromatic amines is 1. The van der Waals surface area contributed by atoms with Crippen molar-refractivity contribution in [3.8, 4) is 0 Å². The fourth-order valence-corrected chi connectivity index (χ4v) is 2.84. The molecule has 2 rings (SSSR count). The third-order valence-electron chi connectivity index (χ3n) is 4.77. The lowest BCUT2D eigenvalue weighted by Gasteiger charge is -2.34. The van der Waals surface area contributed by atoms with E-state index in [1.165, 1.54) is 0 Å². The van der Waals surface area contributed by atoms with Gasteiger partial charge in [-0.1, -0.05) is 13.8 Å². The zero-order valence-electron chi connectivity index (χ0n) is 14.6. The SMILES string of the molecule is CC(C)c1cc(C(=O)N2CCC(CN(C)C(C)C)CC2)n[nH]1. The summed E-state index contributed by atoms with van der Waals surface area (Å²) in [6.07, 6.45) is 2.18. The van der Waals surface area contributed by atoms with Gasteiger partial charge in [0.1, 0.15) is 5.69 Å². The van der Waals surface area contributed by atoms with Crippen LogP contribution < -0.4 is 0 Å². The molecular formula is C17H30N4O. The molecule has 0 aliphatic carbocycles. The first-order chi connectivity index (χ1) is 10.4. The number of hydrogen-bond acceptors (Lipinski definition) is 3. The Kier molecular flexibility index (Phi) is 5.62. The maximum atomic E-state index is 12.5. The monoisotopic (exact) mass is 306 g/mol. The van der Waals surface area contributed by atoms with Gasteiger partial charge < -0.3 is 9.80 Å². The molecule has 5 heteroatoms. The number of carbonyl (C=O) groups is 1. The number of hydrogen-bond donors (Lipinski definition) is 1. The number of nitrogens with one attached hydrogen (secondary N) is 1. The van der Waals surface area contributed by atoms with Gasteiger partial charge >= 0.3 is 0 Å². The minimum atomic E-state index is 0.0683. The molecule has 1 amide bonds. The van der Waals surface area contributed by atoms with Gasteiger partial charge in [0.2, 0.25) is 0 Å². The first-order valence-corrected chi connectivity index (χ1v) is 8.43. The maximum Gasteiger partial charge on any atom is 0.274 e. The van der Waals surface area contributed by atoms with Crippen LogP contribution in [0.5, 0.6) is 0 Å². The summed E-state index contributed by atoms with van der Waals surface area (Å²) in [6.45, 7) is 11.5. The molecule has 1 aliphatic rings. The molecule has 0 saturated carbocycles. The number of nitrogens with zero attached hydrogens (tertiary/aromatic N) is 3. The Morgan fingerprint density at radius 3 is 2.50 bits per heavy atom. The second-order valence-electron chi connectivity index (χ2n) is 7.13. The number of H-pyrrole nitrogens is 1. The molecule has 1 aromatic heterocycles. The van der Waals surface area contributed by atoms with E-state index in [-0.39, 0.29) is 5.91 Å². The highest BCUT2D eigenvalue weighted by Gasteiger charge is 2.26. The Morgan fingerprint density at radius 2 is 2.00 bits per heavy atom. The molecule has 1 N–H and O–H groups in total. The van der Waals surface area contributed by atoms with E-state index in [1.807, 2.05) is 11.0 Å². The molecule has 1 fully saturated rings. The standard InChI is InChI=1S/C17H30N4O/c1-12(2)15-10-16(19-18-15)17(22)21-8-6-14(7-9-21)11-20(5)13(3)4/h10,12-14H,6-9,11H2,1-5H3,(H,18,19). The van der Waals surface area contributed by atoms with E-state index in [2.05, 4.69) is 49.8 Å². The molecule has 1 aliphatic heterocycles. The molecule has 1 saturated heterocycles. The number of piperidine rings is 1. The van der Waals surface area contributed by atoms with Crippen molar-refractivity contribution in [3.05, 3.63) is 17.5 Å². The van der Waals surface area contributed by atoms with Gasteiger partial charge in [-0.3, -0.25) is 9.89 Å². The summed E-state index contributed by atoms with van der Waals surface area (Å²) in [4.78, 5) is 16.8. The van der Waals surface area contributed by atoms with E-state index in [1.54, 1.807) is 0 Å². The summed E-state index contributed by atoms with van der Waals surface area (Å²) in [6, 6.07) is 2.48. The van der Waals surface area contributed by atoms with Gasteiger partial charge in [-0.05, 0) is 51.6 Å². The van der Waals surface area contributed by atoms with Gasteiger partial charge in [-0.2, -0.15) is 5.10 Å². The fraction of sp³-hybridized carbons (Fsp3) is 0.765. The van der Waals surface area contributed by atoms with Crippen molar-refractivity contribution in [1.29, 1.82) is 0 Å². The van der Waals surface area contributed by atoms with E-state index in [0.29, 0.717) is 23.6 Å². The van der Waals surface area contributed by atoms with Crippen molar-refractivity contribution in [3.63, 3.8) is 0 Å². The van der Waals surface area contributed by atoms with Gasteiger partial charge in [0.15, 0.2) is 0 Å². The van der Waals surface area contributed by atoms with Gasteiger partial charge in [0.05, 0.1) is 0 Å². The van der Waals surface area contributed by atoms with E-state index in [0.717, 1.165) is 38.2 Å². The number of carbonyl (C=O) groups excluding carboxylic acids is 1. The summed E-state index contributed by atoms with van der Waals surface area (Å²) < 4.78 is 0.